The summed E-state index contributed by atoms with van der Waals surface area (Å²) in [6, 6.07) is 15.7. The molecule has 1 fully saturated rings. The first-order valence-corrected chi connectivity index (χ1v) is 11.0. The Bertz CT molecular complexity index is 1200. The van der Waals surface area contributed by atoms with Gasteiger partial charge in [0.25, 0.3) is 5.91 Å². The van der Waals surface area contributed by atoms with Gasteiger partial charge in [-0.25, -0.2) is 9.89 Å². The zero-order valence-electron chi connectivity index (χ0n) is 18.7. The molecule has 0 aliphatic carbocycles. The number of benzene rings is 2. The maximum Gasteiger partial charge on any atom is 0.341 e. The zero-order valence-corrected chi connectivity index (χ0v) is 18.7. The predicted molar refractivity (Wildman–Crippen MR) is 123 cm³/mol. The van der Waals surface area contributed by atoms with Crippen LogP contribution in [0.1, 0.15) is 23.1 Å². The van der Waals surface area contributed by atoms with Gasteiger partial charge in [0.1, 0.15) is 5.75 Å². The minimum atomic E-state index is -0.540. The molecular formula is C24H27N5O4. The van der Waals surface area contributed by atoms with Gasteiger partial charge in [0.15, 0.2) is 0 Å². The highest BCUT2D eigenvalue weighted by atomic mass is 16.5. The number of carbonyl (C=O) groups excluding carboxylic acids is 2. The number of hydrogen-bond donors (Lipinski definition) is 2. The standard InChI is InChI=1S/C24H27N5O4/c1-3-28-12-13-29(23(31)21-25-24(32)27-26-21)15-17(22(28)30)14-16-8-4-5-9-18(16)19-10-6-7-11-20(19)33-2/h4-11,17H,3,12-15H2,1-2H3,(H2,25,26,27,32)/t17-/m1/s1. The molecule has 0 bridgehead atoms. The van der Waals surface area contributed by atoms with Crippen LogP contribution < -0.4 is 10.4 Å². The summed E-state index contributed by atoms with van der Waals surface area (Å²) in [5.41, 5.74) is 2.40. The second kappa shape index (κ2) is 9.72. The van der Waals surface area contributed by atoms with E-state index in [0.717, 1.165) is 22.4 Å². The normalized spacial score (nSPS) is 16.5. The number of para-hydroxylation sites is 1. The van der Waals surface area contributed by atoms with Crippen molar-refractivity contribution < 1.29 is 14.3 Å². The molecule has 1 aliphatic heterocycles. The smallest absolute Gasteiger partial charge is 0.341 e. The number of methoxy groups -OCH3 is 1. The van der Waals surface area contributed by atoms with Crippen molar-refractivity contribution in [2.75, 3.05) is 33.3 Å². The Morgan fingerprint density at radius 3 is 2.52 bits per heavy atom. The molecule has 2 amide bonds. The molecule has 1 aliphatic rings. The van der Waals surface area contributed by atoms with Crippen LogP contribution in [0.25, 0.3) is 11.1 Å². The summed E-state index contributed by atoms with van der Waals surface area (Å²) < 4.78 is 5.55. The molecule has 0 saturated carbocycles. The predicted octanol–water partition coefficient (Wildman–Crippen LogP) is 1.94. The maximum absolute atomic E-state index is 13.3. The topological polar surface area (TPSA) is 111 Å². The highest BCUT2D eigenvalue weighted by molar-refractivity contribution is 5.91. The number of nitrogens with one attached hydrogen (secondary N) is 2. The number of hydrogen-bond acceptors (Lipinski definition) is 5. The Balaban J connectivity index is 1.66. The molecule has 172 valence electrons. The number of amides is 2. The Kier molecular flexibility index (Phi) is 6.58. The van der Waals surface area contributed by atoms with Crippen LogP contribution in [-0.4, -0.2) is 70.1 Å². The number of nitrogens with zero attached hydrogens (tertiary/aromatic N) is 3. The lowest BCUT2D eigenvalue weighted by Gasteiger charge is -2.24. The van der Waals surface area contributed by atoms with Crippen molar-refractivity contribution in [3.05, 3.63) is 70.4 Å². The number of H-pyrrole nitrogens is 2. The van der Waals surface area contributed by atoms with Crippen LogP contribution in [0.2, 0.25) is 0 Å². The van der Waals surface area contributed by atoms with Crippen LogP contribution in [0.3, 0.4) is 0 Å². The maximum atomic E-state index is 13.3. The summed E-state index contributed by atoms with van der Waals surface area (Å²) in [6.07, 6.45) is 0.463. The van der Waals surface area contributed by atoms with E-state index in [1.54, 1.807) is 16.9 Å². The zero-order chi connectivity index (χ0) is 23.4. The third-order valence-electron chi connectivity index (χ3n) is 6.00. The van der Waals surface area contributed by atoms with E-state index < -0.39 is 17.5 Å². The van der Waals surface area contributed by atoms with Crippen molar-refractivity contribution in [1.29, 1.82) is 0 Å². The molecule has 0 spiro atoms. The molecule has 4 rings (SSSR count). The number of ether oxygens (including phenoxy) is 1. The van der Waals surface area contributed by atoms with E-state index in [1.807, 2.05) is 55.5 Å². The molecule has 1 aromatic heterocycles. The summed E-state index contributed by atoms with van der Waals surface area (Å²) in [5.74, 6) is -0.115. The first kappa shape index (κ1) is 22.3. The highest BCUT2D eigenvalue weighted by Crippen LogP contribution is 2.33. The number of carbonyl (C=O) groups is 2. The molecule has 0 radical (unpaired) electrons. The molecule has 1 atom stereocenters. The lowest BCUT2D eigenvalue weighted by atomic mass is 9.91. The van der Waals surface area contributed by atoms with Gasteiger partial charge in [-0.15, -0.1) is 5.10 Å². The van der Waals surface area contributed by atoms with Crippen molar-refractivity contribution in [2.24, 2.45) is 5.92 Å². The van der Waals surface area contributed by atoms with Gasteiger partial charge < -0.3 is 14.5 Å². The fraction of sp³-hybridized carbons (Fsp3) is 0.333. The largest absolute Gasteiger partial charge is 0.496 e. The van der Waals surface area contributed by atoms with Crippen molar-refractivity contribution in [3.8, 4) is 16.9 Å². The van der Waals surface area contributed by atoms with Gasteiger partial charge in [-0.05, 0) is 30.5 Å². The summed E-state index contributed by atoms with van der Waals surface area (Å²) in [5, 5.41) is 5.99. The first-order chi connectivity index (χ1) is 16.0. The number of rotatable bonds is 6. The average Bonchev–Trinajstić information content (AvgIpc) is 3.22. The van der Waals surface area contributed by atoms with Crippen LogP contribution >= 0.6 is 0 Å². The van der Waals surface area contributed by atoms with Crippen molar-refractivity contribution in [1.82, 2.24) is 25.0 Å². The highest BCUT2D eigenvalue weighted by Gasteiger charge is 2.33. The van der Waals surface area contributed by atoms with E-state index in [0.29, 0.717) is 26.1 Å². The third-order valence-corrected chi connectivity index (χ3v) is 6.00. The molecule has 2 heterocycles. The minimum absolute atomic E-state index is 0.0122. The van der Waals surface area contributed by atoms with Gasteiger partial charge in [0.2, 0.25) is 11.7 Å². The van der Waals surface area contributed by atoms with Gasteiger partial charge in [0.05, 0.1) is 13.0 Å². The molecule has 33 heavy (non-hydrogen) atoms. The minimum Gasteiger partial charge on any atom is -0.496 e. The Morgan fingerprint density at radius 2 is 1.82 bits per heavy atom. The van der Waals surface area contributed by atoms with E-state index in [1.165, 1.54) is 0 Å². The molecule has 2 N–H and O–H groups in total. The quantitative estimate of drug-likeness (QED) is 0.597. The Hall–Kier alpha value is -3.88. The van der Waals surface area contributed by atoms with E-state index in [9.17, 15) is 14.4 Å². The summed E-state index contributed by atoms with van der Waals surface area (Å²) in [4.78, 5) is 43.5. The molecule has 9 nitrogen and oxygen atoms in total. The van der Waals surface area contributed by atoms with Crippen LogP contribution in [0, 0.1) is 5.92 Å². The molecule has 0 unspecified atom stereocenters. The number of likely N-dealkylation sites (N-methyl/N-ethyl adjacent to an activating group) is 1. The first-order valence-electron chi connectivity index (χ1n) is 11.0. The fourth-order valence-electron chi connectivity index (χ4n) is 4.31. The lowest BCUT2D eigenvalue weighted by Crippen LogP contribution is -2.38. The number of aromatic nitrogens is 3. The van der Waals surface area contributed by atoms with E-state index in [-0.39, 0.29) is 18.3 Å². The Morgan fingerprint density at radius 1 is 1.09 bits per heavy atom. The lowest BCUT2D eigenvalue weighted by molar-refractivity contribution is -0.134. The van der Waals surface area contributed by atoms with Gasteiger partial charge >= 0.3 is 5.69 Å². The second-order valence-electron chi connectivity index (χ2n) is 7.95. The van der Waals surface area contributed by atoms with Gasteiger partial charge in [-0.2, -0.15) is 0 Å². The van der Waals surface area contributed by atoms with E-state index in [2.05, 4.69) is 15.2 Å². The second-order valence-corrected chi connectivity index (χ2v) is 7.95. The molecule has 9 heteroatoms. The van der Waals surface area contributed by atoms with E-state index in [4.69, 9.17) is 4.74 Å². The molecule has 2 aromatic carbocycles. The van der Waals surface area contributed by atoms with Gasteiger partial charge in [-0.1, -0.05) is 42.5 Å². The molecule has 1 saturated heterocycles. The Labute approximate surface area is 191 Å². The monoisotopic (exact) mass is 449 g/mol. The molecule has 3 aromatic rings. The van der Waals surface area contributed by atoms with E-state index >= 15 is 0 Å². The summed E-state index contributed by atoms with van der Waals surface area (Å²) in [6.45, 7) is 3.53. The summed E-state index contributed by atoms with van der Waals surface area (Å²) >= 11 is 0. The number of aromatic amines is 2. The van der Waals surface area contributed by atoms with Crippen LogP contribution in [0.15, 0.2) is 53.3 Å². The van der Waals surface area contributed by atoms with Crippen molar-refractivity contribution in [3.63, 3.8) is 0 Å². The van der Waals surface area contributed by atoms with Crippen molar-refractivity contribution >= 4 is 11.8 Å². The summed E-state index contributed by atoms with van der Waals surface area (Å²) in [7, 11) is 1.64. The fourth-order valence-corrected chi connectivity index (χ4v) is 4.31. The average molecular weight is 450 g/mol. The van der Waals surface area contributed by atoms with Crippen molar-refractivity contribution in [2.45, 2.75) is 13.3 Å². The van der Waals surface area contributed by atoms with Crippen LogP contribution in [0.5, 0.6) is 5.75 Å². The molecular weight excluding hydrogens is 422 g/mol. The third kappa shape index (κ3) is 4.67. The van der Waals surface area contributed by atoms with Gasteiger partial charge in [0, 0.05) is 31.7 Å². The van der Waals surface area contributed by atoms with Crippen LogP contribution in [0.4, 0.5) is 0 Å². The van der Waals surface area contributed by atoms with Gasteiger partial charge in [-0.3, -0.25) is 14.6 Å². The SMILES string of the molecule is CCN1CCN(C(=O)c2n[nH]c(=O)[nH]2)C[C@@H](Cc2ccccc2-c2ccccc2OC)C1=O. The van der Waals surface area contributed by atoms with Crippen LogP contribution in [-0.2, 0) is 11.2 Å².